The second-order valence-electron chi connectivity index (χ2n) is 5.63. The van der Waals surface area contributed by atoms with Crippen molar-refractivity contribution in [1.29, 1.82) is 5.41 Å². The van der Waals surface area contributed by atoms with Crippen LogP contribution in [0.1, 0.15) is 19.8 Å². The van der Waals surface area contributed by atoms with Crippen LogP contribution in [0, 0.1) is 5.41 Å². The van der Waals surface area contributed by atoms with Crippen molar-refractivity contribution in [3.05, 3.63) is 60.2 Å². The summed E-state index contributed by atoms with van der Waals surface area (Å²) in [6.07, 6.45) is 2.22. The largest absolute Gasteiger partial charge is 0.492 e. The third-order valence-corrected chi connectivity index (χ3v) is 4.04. The van der Waals surface area contributed by atoms with E-state index < -0.39 is 0 Å². The van der Waals surface area contributed by atoms with Gasteiger partial charge in [-0.15, -0.1) is 0 Å². The Morgan fingerprint density at radius 2 is 1.48 bits per heavy atom. The van der Waals surface area contributed by atoms with Crippen molar-refractivity contribution in [3.63, 3.8) is 0 Å². The molecule has 1 heterocycles. The van der Waals surface area contributed by atoms with Crippen LogP contribution in [0.25, 0.3) is 11.0 Å². The van der Waals surface area contributed by atoms with E-state index in [0.717, 1.165) is 36.2 Å². The molecule has 3 aromatic rings. The first-order valence-corrected chi connectivity index (χ1v) is 8.21. The molecule has 1 N–H and O–H groups in total. The zero-order valence-corrected chi connectivity index (χ0v) is 13.5. The maximum Gasteiger partial charge on any atom is 0.203 e. The fourth-order valence-electron chi connectivity index (χ4n) is 2.83. The lowest BCUT2D eigenvalue weighted by Gasteiger charge is -2.07. The molecular weight excluding hydrogens is 286 g/mol. The van der Waals surface area contributed by atoms with Crippen LogP contribution < -0.4 is 10.4 Å². The van der Waals surface area contributed by atoms with Crippen molar-refractivity contribution in [2.75, 3.05) is 6.61 Å². The van der Waals surface area contributed by atoms with Crippen LogP contribution in [0.4, 0.5) is 0 Å². The van der Waals surface area contributed by atoms with Gasteiger partial charge in [0.05, 0.1) is 17.6 Å². The Bertz CT molecular complexity index is 817. The standard InChI is InChI=1S/C19H23N3O/c1-2-3-13-21-17-11-7-8-12-18(17)22(19(21)20)14-15-23-16-9-5-4-6-10-16/h4-12,20H,2-3,13-15H2,1H3. The lowest BCUT2D eigenvalue weighted by molar-refractivity contribution is 0.296. The van der Waals surface area contributed by atoms with Crippen LogP contribution in [0.15, 0.2) is 54.6 Å². The van der Waals surface area contributed by atoms with Gasteiger partial charge in [-0.3, -0.25) is 5.41 Å². The Morgan fingerprint density at radius 3 is 2.13 bits per heavy atom. The molecule has 0 aliphatic carbocycles. The molecule has 2 aromatic carbocycles. The van der Waals surface area contributed by atoms with Crippen molar-refractivity contribution in [1.82, 2.24) is 9.13 Å². The fourth-order valence-corrected chi connectivity index (χ4v) is 2.83. The zero-order valence-electron chi connectivity index (χ0n) is 13.5. The number of fused-ring (bicyclic) bond motifs is 1. The molecule has 0 radical (unpaired) electrons. The normalized spacial score (nSPS) is 11.0. The molecule has 0 fully saturated rings. The number of nitrogens with one attached hydrogen (secondary N) is 1. The van der Waals surface area contributed by atoms with Crippen molar-refractivity contribution in [2.24, 2.45) is 0 Å². The highest BCUT2D eigenvalue weighted by atomic mass is 16.5. The van der Waals surface area contributed by atoms with Gasteiger partial charge in [0.2, 0.25) is 5.62 Å². The molecule has 3 rings (SSSR count). The van der Waals surface area contributed by atoms with Gasteiger partial charge in [-0.05, 0) is 30.7 Å². The maximum atomic E-state index is 8.51. The first-order chi connectivity index (χ1) is 11.3. The minimum absolute atomic E-state index is 0.552. The van der Waals surface area contributed by atoms with Crippen LogP contribution in [-0.2, 0) is 13.1 Å². The van der Waals surface area contributed by atoms with Crippen LogP contribution in [0.2, 0.25) is 0 Å². The summed E-state index contributed by atoms with van der Waals surface area (Å²) in [4.78, 5) is 0. The van der Waals surface area contributed by atoms with Crippen LogP contribution >= 0.6 is 0 Å². The average Bonchev–Trinajstić information content (AvgIpc) is 2.86. The van der Waals surface area contributed by atoms with Gasteiger partial charge in [0.25, 0.3) is 0 Å². The SMILES string of the molecule is CCCCn1c(=N)n(CCOc2ccccc2)c2ccccc21. The number of aromatic nitrogens is 2. The number of nitrogens with zero attached hydrogens (tertiary/aromatic N) is 2. The van der Waals surface area contributed by atoms with Gasteiger partial charge in [0.15, 0.2) is 0 Å². The van der Waals surface area contributed by atoms with Gasteiger partial charge in [0.1, 0.15) is 12.4 Å². The van der Waals surface area contributed by atoms with Crippen molar-refractivity contribution >= 4 is 11.0 Å². The molecule has 23 heavy (non-hydrogen) atoms. The first-order valence-electron chi connectivity index (χ1n) is 8.21. The molecule has 0 atom stereocenters. The number of hydrogen-bond donors (Lipinski definition) is 1. The number of rotatable bonds is 7. The number of hydrogen-bond acceptors (Lipinski definition) is 2. The summed E-state index contributed by atoms with van der Waals surface area (Å²) in [5.41, 5.74) is 2.78. The van der Waals surface area contributed by atoms with E-state index in [2.05, 4.69) is 23.6 Å². The van der Waals surface area contributed by atoms with Gasteiger partial charge in [-0.1, -0.05) is 43.7 Å². The fraction of sp³-hybridized carbons (Fsp3) is 0.316. The summed E-state index contributed by atoms with van der Waals surface area (Å²) in [5.74, 6) is 0.870. The molecule has 1 aromatic heterocycles. The number of imidazole rings is 1. The van der Waals surface area contributed by atoms with E-state index in [0.29, 0.717) is 18.8 Å². The minimum Gasteiger partial charge on any atom is -0.492 e. The Labute approximate surface area is 136 Å². The topological polar surface area (TPSA) is 42.9 Å². The second-order valence-corrected chi connectivity index (χ2v) is 5.63. The number of unbranched alkanes of at least 4 members (excludes halogenated alkanes) is 1. The smallest absolute Gasteiger partial charge is 0.203 e. The van der Waals surface area contributed by atoms with Crippen molar-refractivity contribution in [2.45, 2.75) is 32.9 Å². The van der Waals surface area contributed by atoms with Gasteiger partial charge in [-0.25, -0.2) is 0 Å². The van der Waals surface area contributed by atoms with Crippen LogP contribution in [0.5, 0.6) is 5.75 Å². The predicted octanol–water partition coefficient (Wildman–Crippen LogP) is 3.80. The Balaban J connectivity index is 1.82. The van der Waals surface area contributed by atoms with E-state index in [9.17, 15) is 0 Å². The monoisotopic (exact) mass is 309 g/mol. The molecule has 0 saturated heterocycles. The van der Waals surface area contributed by atoms with Gasteiger partial charge in [0, 0.05) is 6.54 Å². The molecule has 0 bridgehead atoms. The van der Waals surface area contributed by atoms with E-state index in [1.165, 1.54) is 0 Å². The van der Waals surface area contributed by atoms with Gasteiger partial charge < -0.3 is 13.9 Å². The molecule has 120 valence electrons. The molecule has 0 aliphatic rings. The van der Waals surface area contributed by atoms with E-state index in [1.807, 2.05) is 47.0 Å². The molecule has 0 aliphatic heterocycles. The zero-order chi connectivity index (χ0) is 16.1. The quantitative estimate of drug-likeness (QED) is 0.708. The molecule has 0 saturated carbocycles. The number of ether oxygens (including phenoxy) is 1. The maximum absolute atomic E-state index is 8.51. The summed E-state index contributed by atoms with van der Waals surface area (Å²) >= 11 is 0. The number of aryl methyl sites for hydroxylation is 1. The Morgan fingerprint density at radius 1 is 0.870 bits per heavy atom. The molecule has 4 heteroatoms. The molecule has 4 nitrogen and oxygen atoms in total. The van der Waals surface area contributed by atoms with E-state index >= 15 is 0 Å². The molecule has 0 amide bonds. The summed E-state index contributed by atoms with van der Waals surface area (Å²) in [6, 6.07) is 18.1. The number of benzene rings is 2. The lowest BCUT2D eigenvalue weighted by atomic mass is 10.3. The summed E-state index contributed by atoms with van der Waals surface area (Å²) in [7, 11) is 0. The lowest BCUT2D eigenvalue weighted by Crippen LogP contribution is -2.26. The summed E-state index contributed by atoms with van der Waals surface area (Å²) < 4.78 is 9.93. The Hall–Kier alpha value is -2.49. The number of para-hydroxylation sites is 3. The highest BCUT2D eigenvalue weighted by Crippen LogP contribution is 2.14. The van der Waals surface area contributed by atoms with Crippen molar-refractivity contribution < 1.29 is 4.74 Å². The minimum atomic E-state index is 0.552. The van der Waals surface area contributed by atoms with Crippen LogP contribution in [-0.4, -0.2) is 15.7 Å². The molecule has 0 unspecified atom stereocenters. The van der Waals surface area contributed by atoms with Gasteiger partial charge >= 0.3 is 0 Å². The predicted molar refractivity (Wildman–Crippen MR) is 92.6 cm³/mol. The highest BCUT2D eigenvalue weighted by Gasteiger charge is 2.09. The summed E-state index contributed by atoms with van der Waals surface area (Å²) in [6.45, 7) is 4.30. The third kappa shape index (κ3) is 3.31. The van der Waals surface area contributed by atoms with Crippen LogP contribution in [0.3, 0.4) is 0 Å². The van der Waals surface area contributed by atoms with Gasteiger partial charge in [-0.2, -0.15) is 0 Å². The van der Waals surface area contributed by atoms with Crippen molar-refractivity contribution in [3.8, 4) is 5.75 Å². The van der Waals surface area contributed by atoms with E-state index in [4.69, 9.17) is 10.1 Å². The third-order valence-electron chi connectivity index (χ3n) is 4.04. The molecule has 0 spiro atoms. The van der Waals surface area contributed by atoms with E-state index in [-0.39, 0.29) is 0 Å². The second kappa shape index (κ2) is 7.18. The highest BCUT2D eigenvalue weighted by molar-refractivity contribution is 5.75. The molecular formula is C19H23N3O. The first kappa shape index (κ1) is 15.4. The van der Waals surface area contributed by atoms with E-state index in [1.54, 1.807) is 0 Å². The average molecular weight is 309 g/mol. The summed E-state index contributed by atoms with van der Waals surface area (Å²) in [5, 5.41) is 8.51. The Kier molecular flexibility index (Phi) is 4.81.